The highest BCUT2D eigenvalue weighted by Gasteiger charge is 2.18. The van der Waals surface area contributed by atoms with E-state index in [1.165, 1.54) is 68.9 Å². The van der Waals surface area contributed by atoms with Crippen LogP contribution >= 0.6 is 22.7 Å². The molecular formula is C55H35N3S2. The van der Waals surface area contributed by atoms with Crippen molar-refractivity contribution in [2.75, 3.05) is 4.90 Å². The van der Waals surface area contributed by atoms with E-state index < -0.39 is 0 Å². The highest BCUT2D eigenvalue weighted by molar-refractivity contribution is 7.26. The van der Waals surface area contributed by atoms with Crippen molar-refractivity contribution >= 4 is 91.9 Å². The van der Waals surface area contributed by atoms with Gasteiger partial charge in [0.15, 0.2) is 0 Å². The minimum absolute atomic E-state index is 1.06. The summed E-state index contributed by atoms with van der Waals surface area (Å²) in [6.45, 7) is 0. The maximum atomic E-state index is 5.01. The summed E-state index contributed by atoms with van der Waals surface area (Å²) in [6, 6.07) is 76.9. The smallest absolute Gasteiger partial charge is 0.124 e. The monoisotopic (exact) mass is 801 g/mol. The SMILES string of the molecule is c1ccc(-c2ccc(N(c3ccc(-c4ccc5sc6cc7nc(-c8ccccc8)sc7cc6c5c4)cc3)c3ccc4c(c3)c3ccccc3n4-c3ccccc3)cc2)cc1. The number of thiophene rings is 1. The third-order valence-corrected chi connectivity index (χ3v) is 13.8. The third kappa shape index (κ3) is 5.90. The number of para-hydroxylation sites is 2. The number of nitrogens with zero attached hydrogens (tertiary/aromatic N) is 3. The molecule has 3 heterocycles. The molecule has 0 radical (unpaired) electrons. The van der Waals surface area contributed by atoms with Crippen molar-refractivity contribution in [1.29, 1.82) is 0 Å². The van der Waals surface area contributed by atoms with E-state index >= 15 is 0 Å². The summed E-state index contributed by atoms with van der Waals surface area (Å²) in [6.07, 6.45) is 0. The summed E-state index contributed by atoms with van der Waals surface area (Å²) in [5, 5.41) is 6.10. The van der Waals surface area contributed by atoms with E-state index in [9.17, 15) is 0 Å². The molecule has 0 fully saturated rings. The van der Waals surface area contributed by atoms with E-state index in [1.807, 2.05) is 11.3 Å². The van der Waals surface area contributed by atoms with Crippen LogP contribution in [0.2, 0.25) is 0 Å². The fourth-order valence-corrected chi connectivity index (χ4v) is 10.8. The molecule has 9 aromatic carbocycles. The van der Waals surface area contributed by atoms with Crippen LogP contribution in [0.3, 0.4) is 0 Å². The van der Waals surface area contributed by atoms with Crippen molar-refractivity contribution in [1.82, 2.24) is 9.55 Å². The largest absolute Gasteiger partial charge is 0.310 e. The Labute approximate surface area is 355 Å². The molecule has 12 rings (SSSR count). The van der Waals surface area contributed by atoms with Crippen LogP contribution in [-0.4, -0.2) is 9.55 Å². The summed E-state index contributed by atoms with van der Waals surface area (Å²) >= 11 is 3.61. The predicted octanol–water partition coefficient (Wildman–Crippen LogP) is 16.2. The lowest BCUT2D eigenvalue weighted by Gasteiger charge is -2.26. The number of hydrogen-bond donors (Lipinski definition) is 0. The van der Waals surface area contributed by atoms with Gasteiger partial charge in [-0.15, -0.1) is 22.7 Å². The molecule has 0 amide bonds. The van der Waals surface area contributed by atoms with Gasteiger partial charge in [0.05, 0.1) is 21.3 Å². The van der Waals surface area contributed by atoms with E-state index in [1.54, 1.807) is 11.3 Å². The van der Waals surface area contributed by atoms with Crippen LogP contribution in [0.5, 0.6) is 0 Å². The lowest BCUT2D eigenvalue weighted by atomic mass is 10.0. The van der Waals surface area contributed by atoms with Crippen LogP contribution in [0, 0.1) is 0 Å². The average molecular weight is 802 g/mol. The number of thiazole rings is 1. The molecule has 282 valence electrons. The summed E-state index contributed by atoms with van der Waals surface area (Å²) in [7, 11) is 0. The van der Waals surface area contributed by atoms with Gasteiger partial charge in [-0.3, -0.25) is 0 Å². The van der Waals surface area contributed by atoms with Gasteiger partial charge < -0.3 is 9.47 Å². The maximum absolute atomic E-state index is 5.01. The Kier molecular flexibility index (Phi) is 8.22. The fourth-order valence-electron chi connectivity index (χ4n) is 8.72. The van der Waals surface area contributed by atoms with Crippen molar-refractivity contribution in [3.8, 4) is 38.5 Å². The highest BCUT2D eigenvalue weighted by Crippen LogP contribution is 2.43. The molecule has 0 bridgehead atoms. The first-order valence-corrected chi connectivity index (χ1v) is 21.8. The Morgan fingerprint density at radius 3 is 1.65 bits per heavy atom. The molecule has 0 unspecified atom stereocenters. The van der Waals surface area contributed by atoms with Crippen LogP contribution in [0.25, 0.3) is 90.7 Å². The van der Waals surface area contributed by atoms with Gasteiger partial charge in [-0.1, -0.05) is 127 Å². The van der Waals surface area contributed by atoms with Crippen molar-refractivity contribution in [2.45, 2.75) is 0 Å². The zero-order chi connectivity index (χ0) is 39.6. The van der Waals surface area contributed by atoms with Crippen molar-refractivity contribution in [3.05, 3.63) is 212 Å². The van der Waals surface area contributed by atoms with Gasteiger partial charge in [-0.25, -0.2) is 4.98 Å². The lowest BCUT2D eigenvalue weighted by Crippen LogP contribution is -2.10. The number of aromatic nitrogens is 2. The van der Waals surface area contributed by atoms with Gasteiger partial charge >= 0.3 is 0 Å². The molecule has 0 N–H and O–H groups in total. The van der Waals surface area contributed by atoms with Crippen molar-refractivity contribution in [3.63, 3.8) is 0 Å². The quantitative estimate of drug-likeness (QED) is 0.160. The van der Waals surface area contributed by atoms with E-state index in [2.05, 4.69) is 222 Å². The average Bonchev–Trinajstić information content (AvgIpc) is 4.00. The maximum Gasteiger partial charge on any atom is 0.124 e. The van der Waals surface area contributed by atoms with Gasteiger partial charge in [0.1, 0.15) is 5.01 Å². The lowest BCUT2D eigenvalue weighted by molar-refractivity contribution is 1.18. The molecule has 0 aliphatic carbocycles. The van der Waals surface area contributed by atoms with Crippen LogP contribution in [-0.2, 0) is 0 Å². The first kappa shape index (κ1) is 34.7. The number of benzene rings is 9. The van der Waals surface area contributed by atoms with Crippen LogP contribution < -0.4 is 4.90 Å². The Hall–Kier alpha value is -7.31. The number of anilines is 3. The zero-order valence-corrected chi connectivity index (χ0v) is 34.0. The van der Waals surface area contributed by atoms with Crippen molar-refractivity contribution in [2.24, 2.45) is 0 Å². The van der Waals surface area contributed by atoms with Crippen molar-refractivity contribution < 1.29 is 0 Å². The second-order valence-corrected chi connectivity index (χ2v) is 17.3. The van der Waals surface area contributed by atoms with Gasteiger partial charge in [-0.2, -0.15) is 0 Å². The normalized spacial score (nSPS) is 11.7. The van der Waals surface area contributed by atoms with Crippen LogP contribution in [0.4, 0.5) is 17.1 Å². The Bertz CT molecular complexity index is 3510. The molecule has 0 aliphatic rings. The molecule has 0 aliphatic heterocycles. The van der Waals surface area contributed by atoms with Gasteiger partial charge in [0.2, 0.25) is 0 Å². The number of hydrogen-bond acceptors (Lipinski definition) is 4. The Morgan fingerprint density at radius 1 is 0.350 bits per heavy atom. The molecule has 0 saturated carbocycles. The molecule has 3 nitrogen and oxygen atoms in total. The zero-order valence-electron chi connectivity index (χ0n) is 32.4. The van der Waals surface area contributed by atoms with Gasteiger partial charge in [0.25, 0.3) is 0 Å². The van der Waals surface area contributed by atoms with Gasteiger partial charge in [0, 0.05) is 59.3 Å². The molecule has 60 heavy (non-hydrogen) atoms. The van der Waals surface area contributed by atoms with E-state index in [0.717, 1.165) is 38.8 Å². The highest BCUT2D eigenvalue weighted by atomic mass is 32.1. The van der Waals surface area contributed by atoms with Crippen LogP contribution in [0.15, 0.2) is 212 Å². The predicted molar refractivity (Wildman–Crippen MR) is 258 cm³/mol. The summed E-state index contributed by atoms with van der Waals surface area (Å²) in [4.78, 5) is 7.40. The molecule has 12 aromatic rings. The molecule has 5 heteroatoms. The fraction of sp³-hybridized carbons (Fsp3) is 0. The summed E-state index contributed by atoms with van der Waals surface area (Å²) in [5.41, 5.74) is 13.9. The third-order valence-electron chi connectivity index (χ3n) is 11.6. The Balaban J connectivity index is 0.953. The summed E-state index contributed by atoms with van der Waals surface area (Å²) < 4.78 is 6.15. The molecule has 0 spiro atoms. The number of fused-ring (bicyclic) bond motifs is 7. The van der Waals surface area contributed by atoms with E-state index in [0.29, 0.717) is 0 Å². The standard InChI is InChI=1S/C55H35N3S2/c1-4-12-36(13-5-1)37-20-25-42(26-21-37)57(44-29-30-51-46(33-44)45-18-10-11-19-50(45)58(51)41-16-8-3-9-17-41)43-27-22-38(23-28-43)40-24-31-52-47(32-40)48-34-54-49(35-53(48)59-52)56-55(60-54)39-14-6-2-7-15-39/h1-35H. The minimum atomic E-state index is 1.06. The van der Waals surface area contributed by atoms with E-state index in [-0.39, 0.29) is 0 Å². The minimum Gasteiger partial charge on any atom is -0.310 e. The Morgan fingerprint density at radius 2 is 0.917 bits per heavy atom. The molecular weight excluding hydrogens is 767 g/mol. The first-order valence-electron chi connectivity index (χ1n) is 20.2. The topological polar surface area (TPSA) is 21.1 Å². The van der Waals surface area contributed by atoms with Gasteiger partial charge in [-0.05, 0) is 107 Å². The molecule has 0 saturated heterocycles. The van der Waals surface area contributed by atoms with E-state index in [4.69, 9.17) is 4.98 Å². The molecule has 0 atom stereocenters. The molecule has 3 aromatic heterocycles. The second kappa shape index (κ2) is 14.2. The number of rotatable bonds is 7. The summed E-state index contributed by atoms with van der Waals surface area (Å²) in [5.74, 6) is 0. The first-order chi connectivity index (χ1) is 29.7. The second-order valence-electron chi connectivity index (χ2n) is 15.2. The van der Waals surface area contributed by atoms with Crippen LogP contribution in [0.1, 0.15) is 0 Å².